The van der Waals surface area contributed by atoms with Crippen molar-refractivity contribution in [3.8, 4) is 0 Å². The summed E-state index contributed by atoms with van der Waals surface area (Å²) in [5.41, 5.74) is 7.81. The molecular formula is C14H13FN2O2. The number of nitro groups is 1. The molecule has 5 heteroatoms. The molecule has 19 heavy (non-hydrogen) atoms. The Labute approximate surface area is 109 Å². The Morgan fingerprint density at radius 3 is 2.21 bits per heavy atom. The molecule has 0 heterocycles. The molecule has 98 valence electrons. The first kappa shape index (κ1) is 13.2. The molecule has 0 aromatic heterocycles. The van der Waals surface area contributed by atoms with E-state index in [1.165, 1.54) is 24.3 Å². The normalized spacial score (nSPS) is 12.1. The van der Waals surface area contributed by atoms with Crippen LogP contribution in [0.25, 0.3) is 0 Å². The molecule has 4 nitrogen and oxygen atoms in total. The van der Waals surface area contributed by atoms with Crippen LogP contribution in [0.2, 0.25) is 0 Å². The maximum atomic E-state index is 12.8. The summed E-state index contributed by atoms with van der Waals surface area (Å²) in [5, 5.41) is 10.5. The van der Waals surface area contributed by atoms with Gasteiger partial charge in [-0.3, -0.25) is 10.1 Å². The first-order valence-corrected chi connectivity index (χ1v) is 5.80. The van der Waals surface area contributed by atoms with E-state index in [0.29, 0.717) is 6.42 Å². The molecule has 1 unspecified atom stereocenters. The predicted octanol–water partition coefficient (Wildman–Crippen LogP) is 2.98. The van der Waals surface area contributed by atoms with Gasteiger partial charge in [0.15, 0.2) is 0 Å². The lowest BCUT2D eigenvalue weighted by Crippen LogP contribution is -2.13. The molecule has 0 radical (unpaired) electrons. The van der Waals surface area contributed by atoms with Crippen molar-refractivity contribution >= 4 is 5.69 Å². The van der Waals surface area contributed by atoms with Crippen molar-refractivity contribution in [1.29, 1.82) is 0 Å². The summed E-state index contributed by atoms with van der Waals surface area (Å²) in [7, 11) is 0. The van der Waals surface area contributed by atoms with Crippen molar-refractivity contribution < 1.29 is 9.31 Å². The molecule has 0 spiro atoms. The molecule has 0 aliphatic heterocycles. The molecule has 0 aliphatic rings. The van der Waals surface area contributed by atoms with Crippen LogP contribution in [0.15, 0.2) is 48.5 Å². The van der Waals surface area contributed by atoms with E-state index in [4.69, 9.17) is 5.73 Å². The summed E-state index contributed by atoms with van der Waals surface area (Å²) in [6.07, 6.45) is 0.545. The summed E-state index contributed by atoms with van der Waals surface area (Å²) in [6, 6.07) is 12.0. The maximum absolute atomic E-state index is 12.8. The molecular weight excluding hydrogens is 247 g/mol. The fourth-order valence-electron chi connectivity index (χ4n) is 1.84. The molecule has 1 atom stereocenters. The molecule has 2 rings (SSSR count). The zero-order valence-corrected chi connectivity index (χ0v) is 10.1. The summed E-state index contributed by atoms with van der Waals surface area (Å²) < 4.78 is 12.8. The van der Waals surface area contributed by atoms with Crippen LogP contribution in [0.4, 0.5) is 10.1 Å². The number of nitrogens with two attached hydrogens (primary N) is 1. The molecule has 2 N–H and O–H groups in total. The van der Waals surface area contributed by atoms with Crippen LogP contribution in [-0.4, -0.2) is 4.92 Å². The largest absolute Gasteiger partial charge is 0.324 e. The van der Waals surface area contributed by atoms with Crippen molar-refractivity contribution in [3.63, 3.8) is 0 Å². The van der Waals surface area contributed by atoms with Gasteiger partial charge in [-0.25, -0.2) is 4.39 Å². The Morgan fingerprint density at radius 1 is 1.11 bits per heavy atom. The smallest absolute Gasteiger partial charge is 0.269 e. The van der Waals surface area contributed by atoms with Crippen molar-refractivity contribution in [3.05, 3.63) is 75.6 Å². The number of non-ortho nitro benzene ring substituents is 1. The fraction of sp³-hybridized carbons (Fsp3) is 0.143. The van der Waals surface area contributed by atoms with Crippen molar-refractivity contribution in [2.24, 2.45) is 5.73 Å². The van der Waals surface area contributed by atoms with E-state index in [1.54, 1.807) is 24.3 Å². The summed E-state index contributed by atoms with van der Waals surface area (Å²) in [5.74, 6) is -0.300. The number of rotatable bonds is 4. The molecule has 2 aromatic carbocycles. The highest BCUT2D eigenvalue weighted by Gasteiger charge is 2.09. The van der Waals surface area contributed by atoms with Crippen LogP contribution in [0.5, 0.6) is 0 Å². The third kappa shape index (κ3) is 3.35. The number of nitro benzene ring substituents is 1. The van der Waals surface area contributed by atoms with Crippen molar-refractivity contribution in [2.75, 3.05) is 0 Å². The lowest BCUT2D eigenvalue weighted by molar-refractivity contribution is -0.384. The number of hydrogen-bond donors (Lipinski definition) is 1. The van der Waals surface area contributed by atoms with Gasteiger partial charge in [-0.2, -0.15) is 0 Å². The lowest BCUT2D eigenvalue weighted by atomic mass is 9.99. The second kappa shape index (κ2) is 5.58. The minimum Gasteiger partial charge on any atom is -0.324 e. The Bertz CT molecular complexity index is 567. The molecule has 2 aromatic rings. The number of nitrogens with zero attached hydrogens (tertiary/aromatic N) is 1. The van der Waals surface area contributed by atoms with Crippen LogP contribution in [0, 0.1) is 15.9 Å². The van der Waals surface area contributed by atoms with Crippen LogP contribution in [0.1, 0.15) is 17.2 Å². The minimum atomic E-state index is -0.441. The lowest BCUT2D eigenvalue weighted by Gasteiger charge is -2.12. The van der Waals surface area contributed by atoms with Crippen molar-refractivity contribution in [2.45, 2.75) is 12.5 Å². The van der Waals surface area contributed by atoms with Gasteiger partial charge in [0.1, 0.15) is 5.82 Å². The fourth-order valence-corrected chi connectivity index (χ4v) is 1.84. The molecule has 0 saturated heterocycles. The first-order chi connectivity index (χ1) is 9.06. The molecule has 0 amide bonds. The van der Waals surface area contributed by atoms with Crippen molar-refractivity contribution in [1.82, 2.24) is 0 Å². The van der Waals surface area contributed by atoms with Crippen LogP contribution >= 0.6 is 0 Å². The summed E-state index contributed by atoms with van der Waals surface area (Å²) >= 11 is 0. The van der Waals surface area contributed by atoms with Gasteiger partial charge in [-0.15, -0.1) is 0 Å². The van der Waals surface area contributed by atoms with Gasteiger partial charge in [0.2, 0.25) is 0 Å². The van der Waals surface area contributed by atoms with Gasteiger partial charge in [-0.1, -0.05) is 24.3 Å². The average Bonchev–Trinajstić information content (AvgIpc) is 2.40. The van der Waals surface area contributed by atoms with E-state index in [1.807, 2.05) is 0 Å². The van der Waals surface area contributed by atoms with Crippen LogP contribution in [-0.2, 0) is 6.42 Å². The van der Waals surface area contributed by atoms with Gasteiger partial charge in [-0.05, 0) is 29.7 Å². The van der Waals surface area contributed by atoms with Crippen LogP contribution in [0.3, 0.4) is 0 Å². The monoisotopic (exact) mass is 260 g/mol. The second-order valence-electron chi connectivity index (χ2n) is 4.29. The zero-order valence-electron chi connectivity index (χ0n) is 10.1. The molecule has 0 saturated carbocycles. The van der Waals surface area contributed by atoms with Gasteiger partial charge >= 0.3 is 0 Å². The van der Waals surface area contributed by atoms with E-state index < -0.39 is 4.92 Å². The van der Waals surface area contributed by atoms with Crippen LogP contribution < -0.4 is 5.73 Å². The van der Waals surface area contributed by atoms with Gasteiger partial charge in [0, 0.05) is 18.2 Å². The Kier molecular flexibility index (Phi) is 3.87. The third-order valence-corrected chi connectivity index (χ3v) is 2.90. The highest BCUT2D eigenvalue weighted by atomic mass is 19.1. The minimum absolute atomic E-state index is 0.0547. The zero-order chi connectivity index (χ0) is 13.8. The summed E-state index contributed by atoms with van der Waals surface area (Å²) in [4.78, 5) is 10.1. The Balaban J connectivity index is 2.08. The highest BCUT2D eigenvalue weighted by molar-refractivity contribution is 5.34. The summed E-state index contributed by atoms with van der Waals surface area (Å²) in [6.45, 7) is 0. The number of benzene rings is 2. The van der Waals surface area contributed by atoms with Gasteiger partial charge in [0.25, 0.3) is 5.69 Å². The third-order valence-electron chi connectivity index (χ3n) is 2.90. The first-order valence-electron chi connectivity index (χ1n) is 5.80. The Morgan fingerprint density at radius 2 is 1.68 bits per heavy atom. The van der Waals surface area contributed by atoms with E-state index in [0.717, 1.165) is 11.1 Å². The van der Waals surface area contributed by atoms with E-state index >= 15 is 0 Å². The molecule has 0 fully saturated rings. The van der Waals surface area contributed by atoms with Gasteiger partial charge in [0.05, 0.1) is 4.92 Å². The standard InChI is InChI=1S/C14H13FN2O2/c15-12-5-3-11(4-6-12)14(16)9-10-1-7-13(8-2-10)17(18)19/h1-8,14H,9,16H2. The van der Waals surface area contributed by atoms with Gasteiger partial charge < -0.3 is 5.73 Å². The maximum Gasteiger partial charge on any atom is 0.269 e. The van der Waals surface area contributed by atoms with E-state index in [2.05, 4.69) is 0 Å². The average molecular weight is 260 g/mol. The quantitative estimate of drug-likeness (QED) is 0.678. The Hall–Kier alpha value is -2.27. The number of hydrogen-bond acceptors (Lipinski definition) is 3. The topological polar surface area (TPSA) is 69.2 Å². The highest BCUT2D eigenvalue weighted by Crippen LogP contribution is 2.18. The predicted molar refractivity (Wildman–Crippen MR) is 70.1 cm³/mol. The van der Waals surface area contributed by atoms with E-state index in [-0.39, 0.29) is 17.5 Å². The second-order valence-corrected chi connectivity index (χ2v) is 4.29. The number of halogens is 1. The SMILES string of the molecule is NC(Cc1ccc([N+](=O)[O-])cc1)c1ccc(F)cc1. The molecule has 0 aliphatic carbocycles. The molecule has 0 bridgehead atoms. The van der Waals surface area contributed by atoms with E-state index in [9.17, 15) is 14.5 Å².